The van der Waals surface area contributed by atoms with Crippen LogP contribution in [-0.2, 0) is 4.79 Å². The van der Waals surface area contributed by atoms with Crippen molar-refractivity contribution in [1.29, 1.82) is 0 Å². The van der Waals surface area contributed by atoms with E-state index >= 15 is 0 Å². The molecule has 0 aromatic carbocycles. The average molecular weight is 365 g/mol. The fraction of sp³-hybridized carbons (Fsp3) is 0.762. The first-order chi connectivity index (χ1) is 11.6. The summed E-state index contributed by atoms with van der Waals surface area (Å²) in [4.78, 5) is 12.3. The first-order valence-electron chi connectivity index (χ1n) is 9.65. The molecule has 0 heterocycles. The first-order valence-corrected chi connectivity index (χ1v) is 10.0. The molecule has 25 heavy (non-hydrogen) atoms. The second-order valence-electron chi connectivity index (χ2n) is 9.32. The molecule has 0 radical (unpaired) electrons. The fourth-order valence-corrected chi connectivity index (χ4v) is 7.24. The van der Waals surface area contributed by atoms with Crippen molar-refractivity contribution in [2.75, 3.05) is 0 Å². The fourth-order valence-electron chi connectivity index (χ4n) is 6.81. The summed E-state index contributed by atoms with van der Waals surface area (Å²) in [6.45, 7) is 5.95. The Bertz CT molecular complexity index is 683. The number of aliphatic hydroxyl groups is 2. The van der Waals surface area contributed by atoms with Gasteiger partial charge in [0.15, 0.2) is 5.78 Å². The van der Waals surface area contributed by atoms with Gasteiger partial charge in [0, 0.05) is 10.4 Å². The van der Waals surface area contributed by atoms with Crippen molar-refractivity contribution in [1.82, 2.24) is 0 Å². The molecule has 2 fully saturated rings. The largest absolute Gasteiger partial charge is 0.389 e. The van der Waals surface area contributed by atoms with Crippen molar-refractivity contribution >= 4 is 17.4 Å². The Morgan fingerprint density at radius 2 is 1.80 bits per heavy atom. The van der Waals surface area contributed by atoms with Gasteiger partial charge in [-0.05, 0) is 74.2 Å². The maximum Gasteiger partial charge on any atom is 0.161 e. The van der Waals surface area contributed by atoms with Crippen molar-refractivity contribution in [2.45, 2.75) is 71.0 Å². The van der Waals surface area contributed by atoms with Gasteiger partial charge in [-0.3, -0.25) is 4.79 Å². The molecule has 0 aliphatic heterocycles. The number of ketones is 1. The monoisotopic (exact) mass is 364 g/mol. The predicted octanol–water partition coefficient (Wildman–Crippen LogP) is 3.97. The highest BCUT2D eigenvalue weighted by Gasteiger charge is 2.65. The summed E-state index contributed by atoms with van der Waals surface area (Å²) < 4.78 is 0. The van der Waals surface area contributed by atoms with Gasteiger partial charge in [0.05, 0.1) is 6.10 Å². The number of hydrogen-bond acceptors (Lipinski definition) is 3. The standard InChI is InChI=1S/C21H29ClO3/c1-12(23)21(25)9-6-16-14-11-18(22)17-10-13(24)4-7-19(17,2)15(14)5-8-20(16,21)3/h10-11,13-16,24-25H,4-9H2,1-3H3/t13-,14+,15-,16-,19+,20-,21-/m0/s1. The van der Waals surface area contributed by atoms with E-state index in [0.717, 1.165) is 42.7 Å². The predicted molar refractivity (Wildman–Crippen MR) is 98.0 cm³/mol. The highest BCUT2D eigenvalue weighted by Crippen LogP contribution is 2.67. The number of allylic oxidation sites excluding steroid dienone is 3. The van der Waals surface area contributed by atoms with Crippen molar-refractivity contribution in [3.05, 3.63) is 22.8 Å². The molecule has 7 atom stereocenters. The van der Waals surface area contributed by atoms with Crippen molar-refractivity contribution in [3.63, 3.8) is 0 Å². The molecule has 4 aliphatic rings. The lowest BCUT2D eigenvalue weighted by Gasteiger charge is -2.57. The van der Waals surface area contributed by atoms with Crippen LogP contribution in [0.4, 0.5) is 0 Å². The van der Waals surface area contributed by atoms with Crippen LogP contribution in [0.2, 0.25) is 0 Å². The Hall–Kier alpha value is -0.640. The van der Waals surface area contributed by atoms with E-state index < -0.39 is 11.7 Å². The summed E-state index contributed by atoms with van der Waals surface area (Å²) in [5.74, 6) is 0.978. The van der Waals surface area contributed by atoms with Gasteiger partial charge in [0.25, 0.3) is 0 Å². The van der Waals surface area contributed by atoms with Gasteiger partial charge >= 0.3 is 0 Å². The summed E-state index contributed by atoms with van der Waals surface area (Å²) in [7, 11) is 0. The lowest BCUT2D eigenvalue weighted by molar-refractivity contribution is -0.156. The minimum absolute atomic E-state index is 0.00596. The number of aliphatic hydroxyl groups excluding tert-OH is 1. The number of carbonyl (C=O) groups is 1. The number of hydrogen-bond donors (Lipinski definition) is 2. The first kappa shape index (κ1) is 17.8. The van der Waals surface area contributed by atoms with E-state index in [2.05, 4.69) is 19.9 Å². The number of rotatable bonds is 1. The molecule has 138 valence electrons. The summed E-state index contributed by atoms with van der Waals surface area (Å²) in [6.07, 6.45) is 8.79. The normalized spacial score (nSPS) is 51.8. The average Bonchev–Trinajstić information content (AvgIpc) is 2.83. The maximum atomic E-state index is 12.3. The van der Waals surface area contributed by atoms with E-state index in [1.54, 1.807) is 0 Å². The van der Waals surface area contributed by atoms with E-state index in [9.17, 15) is 15.0 Å². The van der Waals surface area contributed by atoms with Gasteiger partial charge in [-0.2, -0.15) is 0 Å². The van der Waals surface area contributed by atoms with Crippen LogP contribution < -0.4 is 0 Å². The Balaban J connectivity index is 1.78. The molecular formula is C21H29ClO3. The minimum atomic E-state index is -1.19. The van der Waals surface area contributed by atoms with Gasteiger partial charge in [0.1, 0.15) is 5.60 Å². The van der Waals surface area contributed by atoms with Gasteiger partial charge in [0.2, 0.25) is 0 Å². The highest BCUT2D eigenvalue weighted by atomic mass is 35.5. The number of fused-ring (bicyclic) bond motifs is 5. The SMILES string of the molecule is CC(=O)[C@@]1(O)CC[C@H]2[C@@H]3C=C(Cl)C4=C[C@@H](O)CC[C@]4(C)[C@H]3CC[C@@]21C. The van der Waals surface area contributed by atoms with Crippen LogP contribution in [0, 0.1) is 28.6 Å². The lowest BCUT2D eigenvalue weighted by Crippen LogP contribution is -2.56. The van der Waals surface area contributed by atoms with E-state index in [4.69, 9.17) is 11.6 Å². The van der Waals surface area contributed by atoms with Crippen LogP contribution in [0.1, 0.15) is 59.3 Å². The Kier molecular flexibility index (Phi) is 3.86. The second kappa shape index (κ2) is 5.43. The quantitative estimate of drug-likeness (QED) is 0.740. The number of carbonyl (C=O) groups excluding carboxylic acids is 1. The van der Waals surface area contributed by atoms with E-state index in [0.29, 0.717) is 24.2 Å². The molecule has 0 amide bonds. The molecule has 0 saturated heterocycles. The molecule has 3 nitrogen and oxygen atoms in total. The van der Waals surface area contributed by atoms with Crippen LogP contribution in [0.3, 0.4) is 0 Å². The third kappa shape index (κ3) is 2.15. The highest BCUT2D eigenvalue weighted by molar-refractivity contribution is 6.32. The summed E-state index contributed by atoms with van der Waals surface area (Å²) >= 11 is 6.69. The summed E-state index contributed by atoms with van der Waals surface area (Å²) in [5.41, 5.74) is -0.450. The molecule has 4 aliphatic carbocycles. The molecule has 4 rings (SSSR count). The van der Waals surface area contributed by atoms with E-state index in [1.165, 1.54) is 6.92 Å². The molecule has 4 heteroatoms. The second-order valence-corrected chi connectivity index (χ2v) is 9.73. The van der Waals surface area contributed by atoms with Gasteiger partial charge in [-0.15, -0.1) is 0 Å². The molecule has 0 aromatic heterocycles. The Labute approximate surface area is 155 Å². The van der Waals surface area contributed by atoms with Crippen LogP contribution in [0.5, 0.6) is 0 Å². The van der Waals surface area contributed by atoms with Gasteiger partial charge < -0.3 is 10.2 Å². The smallest absolute Gasteiger partial charge is 0.161 e. The Morgan fingerprint density at radius 1 is 1.12 bits per heavy atom. The third-order valence-electron chi connectivity index (χ3n) is 8.41. The number of halogens is 1. The minimum Gasteiger partial charge on any atom is -0.389 e. The van der Waals surface area contributed by atoms with Crippen LogP contribution in [0.25, 0.3) is 0 Å². The lowest BCUT2D eigenvalue weighted by atomic mass is 9.48. The summed E-state index contributed by atoms with van der Waals surface area (Å²) in [6, 6.07) is 0. The zero-order valence-corrected chi connectivity index (χ0v) is 16.1. The van der Waals surface area contributed by atoms with Crippen molar-refractivity contribution < 1.29 is 15.0 Å². The third-order valence-corrected chi connectivity index (χ3v) is 8.74. The van der Waals surface area contributed by atoms with Gasteiger partial charge in [-0.1, -0.05) is 37.6 Å². The van der Waals surface area contributed by atoms with E-state index in [1.807, 2.05) is 6.08 Å². The molecular weight excluding hydrogens is 336 g/mol. The zero-order valence-electron chi connectivity index (χ0n) is 15.4. The van der Waals surface area contributed by atoms with Crippen LogP contribution in [0.15, 0.2) is 22.8 Å². The zero-order chi connectivity index (χ0) is 18.2. The van der Waals surface area contributed by atoms with Crippen molar-refractivity contribution in [3.8, 4) is 0 Å². The number of Topliss-reactive ketones (excluding diaryl/α,β-unsaturated/α-hetero) is 1. The molecule has 2 saturated carbocycles. The van der Waals surface area contributed by atoms with Crippen LogP contribution >= 0.6 is 11.6 Å². The molecule has 0 unspecified atom stereocenters. The van der Waals surface area contributed by atoms with E-state index in [-0.39, 0.29) is 16.6 Å². The molecule has 2 N–H and O–H groups in total. The summed E-state index contributed by atoms with van der Waals surface area (Å²) in [5, 5.41) is 22.0. The topological polar surface area (TPSA) is 57.5 Å². The van der Waals surface area contributed by atoms with Crippen molar-refractivity contribution in [2.24, 2.45) is 28.6 Å². The Morgan fingerprint density at radius 3 is 2.48 bits per heavy atom. The molecule has 0 bridgehead atoms. The van der Waals surface area contributed by atoms with Gasteiger partial charge in [-0.25, -0.2) is 0 Å². The van der Waals surface area contributed by atoms with Crippen LogP contribution in [-0.4, -0.2) is 27.7 Å². The maximum absolute atomic E-state index is 12.3. The molecule has 0 aromatic rings. The molecule has 0 spiro atoms.